The molecule has 1 N–H and O–H groups in total. The first-order chi connectivity index (χ1) is 13.1. The fourth-order valence-electron chi connectivity index (χ4n) is 3.53. The molecule has 0 spiro atoms. The van der Waals surface area contributed by atoms with Crippen molar-refractivity contribution in [3.05, 3.63) is 77.1 Å². The van der Waals surface area contributed by atoms with Gasteiger partial charge in [0.15, 0.2) is 0 Å². The smallest absolute Gasteiger partial charge is 0.111 e. The van der Waals surface area contributed by atoms with E-state index < -0.39 is 0 Å². The van der Waals surface area contributed by atoms with Crippen LogP contribution in [0, 0.1) is 12.8 Å². The topological polar surface area (TPSA) is 35.8 Å². The van der Waals surface area contributed by atoms with E-state index in [0.29, 0.717) is 17.7 Å². The van der Waals surface area contributed by atoms with Crippen molar-refractivity contribution < 1.29 is 5.11 Å². The van der Waals surface area contributed by atoms with Crippen molar-refractivity contribution in [2.75, 3.05) is 6.54 Å². The predicted octanol–water partition coefficient (Wildman–Crippen LogP) is 6.21. The Morgan fingerprint density at radius 2 is 2.26 bits per heavy atom. The third-order valence-electron chi connectivity index (χ3n) is 4.97. The predicted molar refractivity (Wildman–Crippen MR) is 115 cm³/mol. The highest BCUT2D eigenvalue weighted by molar-refractivity contribution is 6.31. The van der Waals surface area contributed by atoms with Crippen LogP contribution < -0.4 is 0 Å². The second kappa shape index (κ2) is 9.09. The van der Waals surface area contributed by atoms with Crippen molar-refractivity contribution in [1.82, 2.24) is 4.90 Å². The molecule has 2 atom stereocenters. The number of benzene rings is 1. The Kier molecular flexibility index (Phi) is 6.57. The van der Waals surface area contributed by atoms with Gasteiger partial charge in [-0.1, -0.05) is 48.9 Å². The second-order valence-corrected chi connectivity index (χ2v) is 7.51. The molecule has 1 aromatic carbocycles. The Bertz CT molecular complexity index is 819. The summed E-state index contributed by atoms with van der Waals surface area (Å²) in [6.07, 6.45) is 14.6. The number of likely N-dealkylation sites (tertiary alicyclic amines) is 1. The van der Waals surface area contributed by atoms with Crippen LogP contribution in [0.2, 0.25) is 0 Å². The van der Waals surface area contributed by atoms with Crippen molar-refractivity contribution in [3.63, 3.8) is 0 Å². The molecule has 1 aliphatic heterocycles. The molecule has 1 saturated heterocycles. The first-order valence-electron chi connectivity index (χ1n) is 9.57. The maximum absolute atomic E-state index is 9.82. The molecular formula is C23H27ClN2O. The minimum absolute atomic E-state index is 0.319. The molecule has 0 amide bonds. The number of hydrogen-bond donors (Lipinski definition) is 1. The van der Waals surface area contributed by atoms with Crippen LogP contribution in [0.25, 0.3) is 0 Å². The minimum Gasteiger partial charge on any atom is -0.508 e. The van der Waals surface area contributed by atoms with E-state index in [1.54, 1.807) is 6.08 Å². The highest BCUT2D eigenvalue weighted by Gasteiger charge is 2.38. The van der Waals surface area contributed by atoms with Crippen LogP contribution in [0.4, 0.5) is 5.69 Å². The SMILES string of the molecule is CC/C=C(O)\C=C/CN1C(=Nc2cccc(C)c2)CC1C1C=CC(Cl)=CC1. The van der Waals surface area contributed by atoms with E-state index in [2.05, 4.69) is 36.1 Å². The zero-order valence-corrected chi connectivity index (χ0v) is 16.7. The summed E-state index contributed by atoms with van der Waals surface area (Å²) in [5, 5.41) is 10.6. The van der Waals surface area contributed by atoms with Crippen LogP contribution >= 0.6 is 11.6 Å². The van der Waals surface area contributed by atoms with Crippen LogP contribution in [-0.4, -0.2) is 28.4 Å². The first-order valence-corrected chi connectivity index (χ1v) is 9.95. The molecular weight excluding hydrogens is 356 g/mol. The van der Waals surface area contributed by atoms with Crippen molar-refractivity contribution in [3.8, 4) is 0 Å². The Morgan fingerprint density at radius 3 is 2.96 bits per heavy atom. The molecule has 1 aromatic rings. The van der Waals surface area contributed by atoms with Gasteiger partial charge in [-0.05, 0) is 55.7 Å². The van der Waals surface area contributed by atoms with Crippen molar-refractivity contribution >= 4 is 23.1 Å². The highest BCUT2D eigenvalue weighted by atomic mass is 35.5. The Morgan fingerprint density at radius 1 is 1.41 bits per heavy atom. The number of aliphatic hydroxyl groups is 1. The lowest BCUT2D eigenvalue weighted by atomic mass is 9.84. The summed E-state index contributed by atoms with van der Waals surface area (Å²) >= 11 is 6.07. The minimum atomic E-state index is 0.319. The first kappa shape index (κ1) is 19.5. The Labute approximate surface area is 167 Å². The number of aryl methyl sites for hydroxylation is 1. The quantitative estimate of drug-likeness (QED) is 0.469. The Balaban J connectivity index is 1.75. The standard InChI is InChI=1S/C23H27ClN2O/c1-3-6-21(27)9-5-14-26-22(18-10-12-19(24)13-11-18)16-23(26)25-20-8-4-7-17(2)15-20/h4-10,12-13,15,18,22,27H,3,11,14,16H2,1-2H3/b9-5-,21-6+,25-23?. The van der Waals surface area contributed by atoms with Gasteiger partial charge in [0.2, 0.25) is 0 Å². The van der Waals surface area contributed by atoms with E-state index in [1.807, 2.05) is 37.3 Å². The number of hydrogen-bond acceptors (Lipinski definition) is 2. The summed E-state index contributed by atoms with van der Waals surface area (Å²) in [4.78, 5) is 7.20. The monoisotopic (exact) mass is 382 g/mol. The van der Waals surface area contributed by atoms with Crippen molar-refractivity contribution in [2.24, 2.45) is 10.9 Å². The van der Waals surface area contributed by atoms with Gasteiger partial charge in [0.1, 0.15) is 11.6 Å². The molecule has 3 nitrogen and oxygen atoms in total. The van der Waals surface area contributed by atoms with Crippen LogP contribution in [-0.2, 0) is 0 Å². The van der Waals surface area contributed by atoms with Gasteiger partial charge in [0, 0.05) is 30.0 Å². The summed E-state index contributed by atoms with van der Waals surface area (Å²) in [5.74, 6) is 1.86. The summed E-state index contributed by atoms with van der Waals surface area (Å²) in [6.45, 7) is 4.83. The molecule has 1 fully saturated rings. The normalized spacial score (nSPS) is 24.4. The molecule has 3 rings (SSSR count). The van der Waals surface area contributed by atoms with Crippen LogP contribution in [0.15, 0.2) is 76.5 Å². The van der Waals surface area contributed by atoms with Gasteiger partial charge in [0.25, 0.3) is 0 Å². The number of rotatable bonds is 6. The lowest BCUT2D eigenvalue weighted by Crippen LogP contribution is -2.55. The summed E-state index contributed by atoms with van der Waals surface area (Å²) in [6, 6.07) is 8.68. The van der Waals surface area contributed by atoms with Gasteiger partial charge in [-0.25, -0.2) is 4.99 Å². The third-order valence-corrected chi connectivity index (χ3v) is 5.25. The number of aliphatic imine (C=N–C) groups is 1. The van der Waals surface area contributed by atoms with Gasteiger partial charge >= 0.3 is 0 Å². The van der Waals surface area contributed by atoms with E-state index in [9.17, 15) is 5.11 Å². The molecule has 2 unspecified atom stereocenters. The molecule has 0 bridgehead atoms. The van der Waals surface area contributed by atoms with E-state index in [1.165, 1.54) is 5.56 Å². The van der Waals surface area contributed by atoms with E-state index >= 15 is 0 Å². The second-order valence-electron chi connectivity index (χ2n) is 7.08. The van der Waals surface area contributed by atoms with Crippen LogP contribution in [0.3, 0.4) is 0 Å². The molecule has 1 heterocycles. The van der Waals surface area contributed by atoms with Gasteiger partial charge < -0.3 is 10.0 Å². The molecule has 142 valence electrons. The van der Waals surface area contributed by atoms with Crippen molar-refractivity contribution in [2.45, 2.75) is 39.2 Å². The van der Waals surface area contributed by atoms with Gasteiger partial charge in [-0.15, -0.1) is 0 Å². The molecule has 2 aliphatic rings. The highest BCUT2D eigenvalue weighted by Crippen LogP contribution is 2.34. The maximum atomic E-state index is 9.82. The molecule has 0 radical (unpaired) electrons. The average molecular weight is 383 g/mol. The Hall–Kier alpha value is -2.26. The molecule has 1 aliphatic carbocycles. The average Bonchev–Trinajstić information content (AvgIpc) is 2.63. The molecule has 0 saturated carbocycles. The summed E-state index contributed by atoms with van der Waals surface area (Å²) in [5.41, 5.74) is 2.21. The number of allylic oxidation sites excluding steroid dienone is 5. The number of aliphatic hydroxyl groups excluding tert-OH is 1. The largest absolute Gasteiger partial charge is 0.508 e. The van der Waals surface area contributed by atoms with Crippen LogP contribution in [0.1, 0.15) is 31.7 Å². The molecule has 0 aromatic heterocycles. The van der Waals surface area contributed by atoms with E-state index in [-0.39, 0.29) is 0 Å². The number of amidine groups is 1. The number of halogens is 1. The van der Waals surface area contributed by atoms with Crippen LogP contribution in [0.5, 0.6) is 0 Å². The molecule has 27 heavy (non-hydrogen) atoms. The zero-order chi connectivity index (χ0) is 19.2. The van der Waals surface area contributed by atoms with Gasteiger partial charge in [-0.3, -0.25) is 0 Å². The van der Waals surface area contributed by atoms with E-state index in [4.69, 9.17) is 16.6 Å². The van der Waals surface area contributed by atoms with Gasteiger partial charge in [-0.2, -0.15) is 0 Å². The van der Waals surface area contributed by atoms with E-state index in [0.717, 1.165) is 42.4 Å². The fourth-order valence-corrected chi connectivity index (χ4v) is 3.70. The summed E-state index contributed by atoms with van der Waals surface area (Å²) < 4.78 is 0. The van der Waals surface area contributed by atoms with Gasteiger partial charge in [0.05, 0.1) is 5.69 Å². The lowest BCUT2D eigenvalue weighted by molar-refractivity contribution is 0.214. The fraction of sp³-hybridized carbons (Fsp3) is 0.348. The third kappa shape index (κ3) is 5.14. The molecule has 4 heteroatoms. The number of nitrogens with zero attached hydrogens (tertiary/aromatic N) is 2. The zero-order valence-electron chi connectivity index (χ0n) is 16.0. The summed E-state index contributed by atoms with van der Waals surface area (Å²) in [7, 11) is 0. The lowest BCUT2D eigenvalue weighted by Gasteiger charge is -2.47. The maximum Gasteiger partial charge on any atom is 0.111 e. The van der Waals surface area contributed by atoms with Crippen molar-refractivity contribution in [1.29, 1.82) is 0 Å².